The molecule has 0 aromatic carbocycles. The van der Waals surface area contributed by atoms with Crippen LogP contribution in [0.1, 0.15) is 0 Å². The lowest BCUT2D eigenvalue weighted by molar-refractivity contribution is 0.403. The quantitative estimate of drug-likeness (QED) is 0.543. The summed E-state index contributed by atoms with van der Waals surface area (Å²) in [7, 11) is 0. The molecule has 3 heteroatoms. The van der Waals surface area contributed by atoms with Gasteiger partial charge in [0.25, 0.3) is 0 Å². The fourth-order valence-corrected chi connectivity index (χ4v) is 0.326. The lowest BCUT2D eigenvalue weighted by Gasteiger charge is -1.74. The maximum absolute atomic E-state index is 4.67. The molecule has 0 radical (unpaired) electrons. The molecule has 1 heterocycles. The summed E-state index contributed by atoms with van der Waals surface area (Å²) in [5.74, 6) is 0. The Morgan fingerprint density at radius 3 is 3.38 bits per heavy atom. The lowest BCUT2D eigenvalue weighted by atomic mass is 10.7. The van der Waals surface area contributed by atoms with Crippen LogP contribution >= 0.6 is 0 Å². The number of aromatic amines is 1. The summed E-state index contributed by atoms with van der Waals surface area (Å²) in [6.07, 6.45) is 6.34. The molecule has 0 aliphatic heterocycles. The van der Waals surface area contributed by atoms with Gasteiger partial charge in [0.2, 0.25) is 0 Å². The molecule has 0 saturated heterocycles. The summed E-state index contributed by atoms with van der Waals surface area (Å²) >= 11 is 0. The van der Waals surface area contributed by atoms with E-state index in [0.717, 1.165) is 0 Å². The topological polar surface area (TPSA) is 41.8 Å². The Labute approximate surface area is 46.6 Å². The van der Waals surface area contributed by atoms with E-state index in [2.05, 4.69) is 14.7 Å². The van der Waals surface area contributed by atoms with Gasteiger partial charge in [0, 0.05) is 12.4 Å². The molecule has 0 aliphatic rings. The summed E-state index contributed by atoms with van der Waals surface area (Å²) < 4.78 is 4.67. The molecule has 0 saturated carbocycles. The van der Waals surface area contributed by atoms with E-state index in [1.807, 2.05) is 0 Å². The minimum absolute atomic E-state index is 1.51. The third-order valence-electron chi connectivity index (χ3n) is 0.615. The van der Waals surface area contributed by atoms with Gasteiger partial charge in [-0.3, -0.25) is 4.98 Å². The van der Waals surface area contributed by atoms with Gasteiger partial charge in [-0.1, -0.05) is 0 Å². The maximum atomic E-state index is 4.67. The van der Waals surface area contributed by atoms with Gasteiger partial charge in [0.1, 0.15) is 6.26 Å². The van der Waals surface area contributed by atoms with Crippen LogP contribution < -0.4 is 0 Å². The largest absolute Gasteiger partial charge is 0.390 e. The number of rotatable bonds is 0. The Morgan fingerprint density at radius 2 is 2.38 bits per heavy atom. The molecule has 0 bridgehead atoms. The Bertz CT molecular complexity index is 115. The molecule has 0 fully saturated rings. The smallest absolute Gasteiger partial charge is 0.120 e. The summed E-state index contributed by atoms with van der Waals surface area (Å²) in [5, 5.41) is 2.51. The first-order chi connectivity index (χ1) is 4.00. The van der Waals surface area contributed by atoms with E-state index < -0.39 is 0 Å². The van der Waals surface area contributed by atoms with E-state index in [4.69, 9.17) is 0 Å². The molecule has 1 rings (SSSR count). The Morgan fingerprint density at radius 1 is 1.38 bits per heavy atom. The van der Waals surface area contributed by atoms with E-state index in [1.165, 1.54) is 6.26 Å². The maximum Gasteiger partial charge on any atom is 0.120 e. The Balaban J connectivity index is 3.00. The van der Waals surface area contributed by atoms with Crippen molar-refractivity contribution in [3.05, 3.63) is 30.9 Å². The first kappa shape index (κ1) is 4.90. The van der Waals surface area contributed by atoms with Crippen LogP contribution in [0, 0.1) is 0 Å². The molecular formula is C5H6N2O. The summed E-state index contributed by atoms with van der Waals surface area (Å²) in [6, 6.07) is 1.69. The molecular weight excluding hydrogens is 104 g/mol. The van der Waals surface area contributed by atoms with Crippen molar-refractivity contribution in [3.8, 4) is 0 Å². The molecule has 0 unspecified atom stereocenters. The first-order valence-electron chi connectivity index (χ1n) is 2.24. The average molecular weight is 110 g/mol. The molecule has 0 amide bonds. The van der Waals surface area contributed by atoms with Gasteiger partial charge in [-0.05, 0) is 6.07 Å². The van der Waals surface area contributed by atoms with Gasteiger partial charge in [-0.25, -0.2) is 5.16 Å². The standard InChI is InChI=1S/C5H6N2O/c1-2-6-3-4-7-8-5-1/h1-5,7H. The van der Waals surface area contributed by atoms with Crippen molar-refractivity contribution >= 4 is 0 Å². The molecule has 1 aromatic heterocycles. The van der Waals surface area contributed by atoms with E-state index in [9.17, 15) is 0 Å². The number of nitrogens with zero attached hydrogens (tertiary/aromatic N) is 1. The molecule has 3 nitrogen and oxygen atoms in total. The van der Waals surface area contributed by atoms with Gasteiger partial charge in [-0.2, -0.15) is 0 Å². The predicted octanol–water partition coefficient (Wildman–Crippen LogP) is 1.13. The van der Waals surface area contributed by atoms with Crippen molar-refractivity contribution in [1.29, 1.82) is 0 Å². The van der Waals surface area contributed by atoms with Crippen LogP contribution in [0.3, 0.4) is 0 Å². The van der Waals surface area contributed by atoms with Crippen molar-refractivity contribution in [2.24, 2.45) is 0 Å². The van der Waals surface area contributed by atoms with Crippen molar-refractivity contribution < 1.29 is 4.52 Å². The highest BCUT2D eigenvalue weighted by atomic mass is 16.4. The fraction of sp³-hybridized carbons (Fsp3) is 0. The number of nitrogens with one attached hydrogen (secondary N) is 1. The summed E-state index contributed by atoms with van der Waals surface area (Å²) in [6.45, 7) is 0. The molecule has 42 valence electrons. The summed E-state index contributed by atoms with van der Waals surface area (Å²) in [4.78, 5) is 3.80. The van der Waals surface area contributed by atoms with Crippen LogP contribution in [0.25, 0.3) is 0 Å². The second-order valence-electron chi connectivity index (χ2n) is 1.18. The second-order valence-corrected chi connectivity index (χ2v) is 1.18. The van der Waals surface area contributed by atoms with Gasteiger partial charge in [0.05, 0.1) is 6.20 Å². The Hall–Kier alpha value is -1.25. The van der Waals surface area contributed by atoms with Crippen LogP contribution in [0.2, 0.25) is 0 Å². The van der Waals surface area contributed by atoms with Crippen molar-refractivity contribution in [2.75, 3.05) is 0 Å². The van der Waals surface area contributed by atoms with Crippen LogP contribution in [0.4, 0.5) is 0 Å². The van der Waals surface area contributed by atoms with Crippen molar-refractivity contribution in [3.63, 3.8) is 0 Å². The van der Waals surface area contributed by atoms with Gasteiger partial charge in [0.15, 0.2) is 0 Å². The van der Waals surface area contributed by atoms with E-state index in [1.54, 1.807) is 24.7 Å². The van der Waals surface area contributed by atoms with Gasteiger partial charge >= 0.3 is 0 Å². The van der Waals surface area contributed by atoms with E-state index in [0.29, 0.717) is 0 Å². The van der Waals surface area contributed by atoms with Crippen molar-refractivity contribution in [1.82, 2.24) is 10.1 Å². The predicted molar refractivity (Wildman–Crippen MR) is 28.5 cm³/mol. The van der Waals surface area contributed by atoms with Crippen LogP contribution in [0.15, 0.2) is 35.4 Å². The molecule has 0 spiro atoms. The highest BCUT2D eigenvalue weighted by molar-refractivity contribution is 4.70. The summed E-state index contributed by atoms with van der Waals surface area (Å²) in [5.41, 5.74) is 0. The molecule has 0 atom stereocenters. The van der Waals surface area contributed by atoms with Gasteiger partial charge < -0.3 is 4.52 Å². The number of hydrogen-bond acceptors (Lipinski definition) is 2. The molecule has 8 heavy (non-hydrogen) atoms. The average Bonchev–Trinajstić information content (AvgIpc) is 1.62. The minimum Gasteiger partial charge on any atom is -0.390 e. The minimum atomic E-state index is 1.51. The SMILES string of the molecule is c1cncc[nH]oc1. The normalized spacial score (nSPS) is 8.00. The molecule has 1 aromatic rings. The van der Waals surface area contributed by atoms with Crippen LogP contribution in [0.5, 0.6) is 0 Å². The zero-order chi connectivity index (χ0) is 5.66. The van der Waals surface area contributed by atoms with Gasteiger partial charge in [-0.15, -0.1) is 0 Å². The highest BCUT2D eigenvalue weighted by Gasteiger charge is 1.58. The fourth-order valence-electron chi connectivity index (χ4n) is 0.326. The third kappa shape index (κ3) is 1.47. The first-order valence-corrected chi connectivity index (χ1v) is 2.24. The number of aromatic nitrogens is 2. The molecule has 0 aliphatic carbocycles. The Kier molecular flexibility index (Phi) is 1.74. The van der Waals surface area contributed by atoms with Crippen LogP contribution in [-0.2, 0) is 0 Å². The lowest BCUT2D eigenvalue weighted by Crippen LogP contribution is -1.62. The number of H-pyrrole nitrogens is 1. The zero-order valence-corrected chi connectivity index (χ0v) is 4.24. The van der Waals surface area contributed by atoms with E-state index >= 15 is 0 Å². The second kappa shape index (κ2) is 2.85. The van der Waals surface area contributed by atoms with E-state index in [-0.39, 0.29) is 0 Å². The monoisotopic (exact) mass is 110 g/mol. The number of hydrogen-bond donors (Lipinski definition) is 1. The zero-order valence-electron chi connectivity index (χ0n) is 4.24. The molecule has 1 N–H and O–H groups in total. The van der Waals surface area contributed by atoms with Crippen LogP contribution in [-0.4, -0.2) is 10.1 Å². The highest BCUT2D eigenvalue weighted by Crippen LogP contribution is 1.70. The third-order valence-corrected chi connectivity index (χ3v) is 0.615. The van der Waals surface area contributed by atoms with Crippen molar-refractivity contribution in [2.45, 2.75) is 0 Å².